The lowest BCUT2D eigenvalue weighted by Crippen LogP contribution is -2.54. The molecule has 1 N–H and O–H groups in total. The molecule has 0 spiro atoms. The number of azide groups is 1. The third-order valence-corrected chi connectivity index (χ3v) is 8.74. The van der Waals surface area contributed by atoms with E-state index in [1.54, 1.807) is 86.6 Å². The predicted octanol–water partition coefficient (Wildman–Crippen LogP) is 6.30. The molecule has 4 heterocycles. The summed E-state index contributed by atoms with van der Waals surface area (Å²) >= 11 is 0. The second-order valence-corrected chi connectivity index (χ2v) is 17.4. The van der Waals surface area contributed by atoms with Crippen molar-refractivity contribution in [2.75, 3.05) is 24.7 Å². The minimum absolute atomic E-state index is 0.195. The van der Waals surface area contributed by atoms with Gasteiger partial charge >= 0.3 is 30.3 Å². The number of imidazole rings is 1. The van der Waals surface area contributed by atoms with E-state index in [9.17, 15) is 29.5 Å². The summed E-state index contributed by atoms with van der Waals surface area (Å²) in [7, 11) is 0. The number of carbonyl (C=O) groups is 5. The lowest BCUT2D eigenvalue weighted by molar-refractivity contribution is -0.197. The molecular weight excluding hydrogens is 876 g/mol. The zero-order valence-corrected chi connectivity index (χ0v) is 38.1. The van der Waals surface area contributed by atoms with Crippen LogP contribution in [0.25, 0.3) is 33.0 Å². The Morgan fingerprint density at radius 3 is 2.09 bits per heavy atom. The van der Waals surface area contributed by atoms with Crippen molar-refractivity contribution in [1.29, 1.82) is 0 Å². The van der Waals surface area contributed by atoms with Gasteiger partial charge in [0.2, 0.25) is 11.8 Å². The number of hydrogen-bond donors (Lipinski definition) is 1. The molecule has 4 atom stereocenters. The van der Waals surface area contributed by atoms with Gasteiger partial charge < -0.3 is 37.9 Å². The van der Waals surface area contributed by atoms with E-state index in [4.69, 9.17) is 37.9 Å². The standard InChI is InChI=1S/C40H51FN12O13/c1-12-59-31(54)40(32(55)60-13-2,18-21-15-14-16-22(17-21)27-46-50-51-47-27)61-19-23-26(63-36(58)66-39(9,10)11)24(41)30(62-23)52-20-43-25-28(52)44-33(48-49-42)45-29(25)53(34(56)64-37(3,4)5)35(57)65-38(6,7)8/h14-17,20,23-24,26,30H,12-13,18-19H2,1-11H3,(H,46,47,50,51)/t23-,24+,26-,30-/m1/s1. The molecule has 0 bridgehead atoms. The first-order valence-electron chi connectivity index (χ1n) is 20.5. The molecule has 2 amide bonds. The first-order chi connectivity index (χ1) is 30.9. The second kappa shape index (κ2) is 20.0. The fourth-order valence-corrected chi connectivity index (χ4v) is 6.27. The van der Waals surface area contributed by atoms with Crippen LogP contribution < -0.4 is 4.90 Å². The number of anilines is 1. The number of rotatable bonds is 14. The number of ether oxygens (including phenoxy) is 8. The molecular formula is C40H51FN12O13. The lowest BCUT2D eigenvalue weighted by Gasteiger charge is -2.31. The fraction of sp³-hybridized carbons (Fsp3) is 0.575. The molecule has 0 aliphatic carbocycles. The average Bonchev–Trinajstić information content (AvgIpc) is 3.95. The molecule has 4 aromatic rings. The maximum Gasteiger partial charge on any atom is 0.509 e. The minimum atomic E-state index is -2.56. The van der Waals surface area contributed by atoms with Crippen molar-refractivity contribution in [2.24, 2.45) is 5.11 Å². The summed E-state index contributed by atoms with van der Waals surface area (Å²) in [6.45, 7) is 15.7. The van der Waals surface area contributed by atoms with Gasteiger partial charge in [0.1, 0.15) is 22.9 Å². The number of aromatic amines is 1. The van der Waals surface area contributed by atoms with E-state index in [0.29, 0.717) is 16.0 Å². The van der Waals surface area contributed by atoms with Gasteiger partial charge in [-0.15, -0.1) is 10.2 Å². The number of imide groups is 1. The van der Waals surface area contributed by atoms with Crippen LogP contribution in [0.3, 0.4) is 0 Å². The topological polar surface area (TPSA) is 309 Å². The van der Waals surface area contributed by atoms with Crippen LogP contribution >= 0.6 is 0 Å². The summed E-state index contributed by atoms with van der Waals surface area (Å²) in [5.41, 5.74) is 3.54. The normalized spacial score (nSPS) is 17.6. The van der Waals surface area contributed by atoms with Crippen LogP contribution in [0.4, 0.5) is 30.5 Å². The van der Waals surface area contributed by atoms with Gasteiger partial charge in [-0.1, -0.05) is 18.2 Å². The van der Waals surface area contributed by atoms with E-state index < -0.39 is 102 Å². The zero-order chi connectivity index (χ0) is 48.8. The van der Waals surface area contributed by atoms with Gasteiger partial charge in [-0.05, 0) is 104 Å². The van der Waals surface area contributed by atoms with Crippen LogP contribution in [0.1, 0.15) is 88.0 Å². The number of nitrogens with one attached hydrogen (secondary N) is 1. The van der Waals surface area contributed by atoms with Crippen molar-refractivity contribution < 1.29 is 66.3 Å². The molecule has 5 rings (SSSR count). The minimum Gasteiger partial charge on any atom is -0.463 e. The first kappa shape index (κ1) is 50.0. The third kappa shape index (κ3) is 12.0. The number of nitrogens with zero attached hydrogens (tertiary/aromatic N) is 11. The molecule has 1 fully saturated rings. The van der Waals surface area contributed by atoms with Crippen LogP contribution in [0.2, 0.25) is 0 Å². The van der Waals surface area contributed by atoms with Crippen molar-refractivity contribution in [3.63, 3.8) is 0 Å². The number of halogens is 1. The Balaban J connectivity index is 1.62. The van der Waals surface area contributed by atoms with Crippen LogP contribution in [-0.2, 0) is 53.9 Å². The van der Waals surface area contributed by atoms with Crippen LogP contribution in [0, 0.1) is 0 Å². The molecule has 0 radical (unpaired) electrons. The number of carbonyl (C=O) groups excluding carboxylic acids is 5. The zero-order valence-electron chi connectivity index (χ0n) is 38.1. The van der Waals surface area contributed by atoms with Gasteiger partial charge in [-0.3, -0.25) is 4.57 Å². The number of amides is 2. The predicted molar refractivity (Wildman–Crippen MR) is 224 cm³/mol. The van der Waals surface area contributed by atoms with Crippen molar-refractivity contribution in [1.82, 2.24) is 40.1 Å². The van der Waals surface area contributed by atoms with E-state index in [1.165, 1.54) is 13.8 Å². The van der Waals surface area contributed by atoms with Gasteiger partial charge in [-0.25, -0.2) is 43.3 Å². The molecule has 0 unspecified atom stereocenters. The number of tetrazole rings is 1. The van der Waals surface area contributed by atoms with E-state index in [1.807, 2.05) is 0 Å². The SMILES string of the molecule is CCOC(=O)C(Cc1cccc(-c2nn[nH]n2)c1)(OC[C@H]1O[C@@H](n2cnc3c(N(C(=O)OC(C)(C)C)C(=O)OC(C)(C)C)nc(N=[N+]=[N-])nc32)[C@@H](F)[C@@H]1OC(=O)OC(C)(C)C)C(=O)OCC. The molecule has 356 valence electrons. The van der Waals surface area contributed by atoms with E-state index in [0.717, 1.165) is 10.9 Å². The van der Waals surface area contributed by atoms with Gasteiger partial charge in [0.25, 0.3) is 5.60 Å². The number of H-pyrrole nitrogens is 1. The lowest BCUT2D eigenvalue weighted by atomic mass is 9.92. The maximum atomic E-state index is 17.2. The third-order valence-electron chi connectivity index (χ3n) is 8.74. The van der Waals surface area contributed by atoms with Crippen molar-refractivity contribution in [2.45, 2.75) is 130 Å². The van der Waals surface area contributed by atoms with Crippen molar-refractivity contribution >= 4 is 53.2 Å². The molecule has 0 saturated carbocycles. The molecule has 1 aliphatic rings. The van der Waals surface area contributed by atoms with E-state index in [-0.39, 0.29) is 30.2 Å². The number of aromatic nitrogens is 8. The van der Waals surface area contributed by atoms with Gasteiger partial charge in [0.05, 0.1) is 26.1 Å². The smallest absolute Gasteiger partial charge is 0.463 e. The first-order valence-corrected chi connectivity index (χ1v) is 20.5. The number of esters is 2. The van der Waals surface area contributed by atoms with Crippen molar-refractivity contribution in [3.05, 3.63) is 46.6 Å². The van der Waals surface area contributed by atoms with Crippen molar-refractivity contribution in [3.8, 4) is 11.4 Å². The van der Waals surface area contributed by atoms with Gasteiger partial charge in [-0.2, -0.15) is 10.1 Å². The summed E-state index contributed by atoms with van der Waals surface area (Å²) in [6.07, 6.45) is -11.1. The highest BCUT2D eigenvalue weighted by molar-refractivity contribution is 6.12. The molecule has 1 saturated heterocycles. The average molecular weight is 927 g/mol. The Kier molecular flexibility index (Phi) is 15.1. The largest absolute Gasteiger partial charge is 0.509 e. The molecule has 1 aromatic carbocycles. The molecule has 66 heavy (non-hydrogen) atoms. The summed E-state index contributed by atoms with van der Waals surface area (Å²) in [4.78, 5) is 84.2. The van der Waals surface area contributed by atoms with Gasteiger partial charge in [0.15, 0.2) is 35.5 Å². The Hall–Kier alpha value is -7.05. The quantitative estimate of drug-likeness (QED) is 0.0362. The van der Waals surface area contributed by atoms with E-state index in [2.05, 4.69) is 45.6 Å². The molecule has 1 aliphatic heterocycles. The molecule has 3 aromatic heterocycles. The summed E-state index contributed by atoms with van der Waals surface area (Å²) in [5, 5.41) is 17.3. The summed E-state index contributed by atoms with van der Waals surface area (Å²) < 4.78 is 63.1. The molecule has 26 heteroatoms. The highest BCUT2D eigenvalue weighted by atomic mass is 19.1. The number of hydrogen-bond acceptors (Lipinski definition) is 20. The second-order valence-electron chi connectivity index (χ2n) is 17.4. The Morgan fingerprint density at radius 2 is 1.55 bits per heavy atom. The summed E-state index contributed by atoms with van der Waals surface area (Å²) in [6, 6.07) is 6.44. The van der Waals surface area contributed by atoms with Crippen LogP contribution in [0.5, 0.6) is 0 Å². The molecule has 25 nitrogen and oxygen atoms in total. The monoisotopic (exact) mass is 926 g/mol. The number of alkyl halides is 1. The highest BCUT2D eigenvalue weighted by Crippen LogP contribution is 2.39. The number of fused-ring (bicyclic) bond motifs is 1. The highest BCUT2D eigenvalue weighted by Gasteiger charge is 2.55. The Bertz CT molecular complexity index is 2410. The van der Waals surface area contributed by atoms with Crippen LogP contribution in [0.15, 0.2) is 35.7 Å². The maximum absolute atomic E-state index is 17.2. The van der Waals surface area contributed by atoms with E-state index >= 15 is 4.39 Å². The number of benzene rings is 1. The van der Waals surface area contributed by atoms with Crippen LogP contribution in [-0.4, -0.2) is 131 Å². The Labute approximate surface area is 376 Å². The fourth-order valence-electron chi connectivity index (χ4n) is 6.27. The van der Waals surface area contributed by atoms with Gasteiger partial charge in [0, 0.05) is 16.9 Å². The Morgan fingerprint density at radius 1 is 0.924 bits per heavy atom. The summed E-state index contributed by atoms with van der Waals surface area (Å²) in [5.74, 6) is -3.38.